The molecule has 8 heteroatoms. The fourth-order valence-electron chi connectivity index (χ4n) is 3.76. The van der Waals surface area contributed by atoms with Gasteiger partial charge in [0.1, 0.15) is 18.2 Å². The lowest BCUT2D eigenvalue weighted by molar-refractivity contribution is -0.115. The van der Waals surface area contributed by atoms with E-state index in [2.05, 4.69) is 22.1 Å². The number of halogens is 1. The van der Waals surface area contributed by atoms with Crippen molar-refractivity contribution in [2.45, 2.75) is 6.42 Å². The van der Waals surface area contributed by atoms with E-state index >= 15 is 0 Å². The average molecular weight is 480 g/mol. The fraction of sp³-hybridized carbons (Fsp3) is 0.107. The van der Waals surface area contributed by atoms with Crippen molar-refractivity contribution in [3.8, 4) is 23.3 Å². The van der Waals surface area contributed by atoms with E-state index in [0.717, 1.165) is 11.3 Å². The van der Waals surface area contributed by atoms with Gasteiger partial charge in [0, 0.05) is 29.7 Å². The number of carbonyl (C=O) groups is 1. The SMILES string of the molecule is O=C1CC(c2cccc(-n3ccnc3)c2)=Nc2cc(OCCO)c(C#Cc3ccc(F)cc3)cc2N1. The summed E-state index contributed by atoms with van der Waals surface area (Å²) in [6, 6.07) is 16.9. The van der Waals surface area contributed by atoms with E-state index in [1.165, 1.54) is 12.1 Å². The second-order valence-corrected chi connectivity index (χ2v) is 8.00. The third kappa shape index (κ3) is 5.17. The van der Waals surface area contributed by atoms with Crippen molar-refractivity contribution in [2.75, 3.05) is 18.5 Å². The summed E-state index contributed by atoms with van der Waals surface area (Å²) in [7, 11) is 0. The summed E-state index contributed by atoms with van der Waals surface area (Å²) in [6.45, 7) is -0.103. The second-order valence-electron chi connectivity index (χ2n) is 8.00. The Kier molecular flexibility index (Phi) is 6.56. The van der Waals surface area contributed by atoms with E-state index in [0.29, 0.717) is 34.0 Å². The average Bonchev–Trinajstić information content (AvgIpc) is 3.38. The van der Waals surface area contributed by atoms with Gasteiger partial charge in [-0.25, -0.2) is 14.4 Å². The zero-order chi connectivity index (χ0) is 24.9. The predicted octanol–water partition coefficient (Wildman–Crippen LogP) is 4.25. The lowest BCUT2D eigenvalue weighted by atomic mass is 10.1. The van der Waals surface area contributed by atoms with Crippen LogP contribution in [0.2, 0.25) is 0 Å². The van der Waals surface area contributed by atoms with Gasteiger partial charge >= 0.3 is 0 Å². The monoisotopic (exact) mass is 480 g/mol. The predicted molar refractivity (Wildman–Crippen MR) is 134 cm³/mol. The number of carbonyl (C=O) groups excluding carboxylic acids is 1. The van der Waals surface area contributed by atoms with Crippen LogP contribution < -0.4 is 10.1 Å². The largest absolute Gasteiger partial charge is 0.490 e. The Morgan fingerprint density at radius 2 is 1.97 bits per heavy atom. The molecule has 2 N–H and O–H groups in total. The Morgan fingerprint density at radius 3 is 2.75 bits per heavy atom. The molecule has 4 aromatic rings. The Balaban J connectivity index is 1.55. The standard InChI is InChI=1S/C28H21FN4O3/c29-22-8-5-19(6-9-22)4-7-21-15-25-26(16-27(21)36-13-12-34)31-24(17-28(35)32-25)20-2-1-3-23(14-20)33-11-10-30-18-33/h1-3,5-6,8-11,14-16,18,34H,12-13,17H2,(H,32,35). The molecule has 36 heavy (non-hydrogen) atoms. The number of aliphatic imine (C=N–C) groups is 1. The Hall–Kier alpha value is -4.74. The highest BCUT2D eigenvalue weighted by Gasteiger charge is 2.20. The number of hydrogen-bond acceptors (Lipinski definition) is 5. The molecule has 0 saturated carbocycles. The van der Waals surface area contributed by atoms with E-state index in [1.807, 2.05) is 35.0 Å². The van der Waals surface area contributed by atoms with Gasteiger partial charge in [-0.2, -0.15) is 0 Å². The molecule has 0 atom stereocenters. The molecule has 0 bridgehead atoms. The number of ether oxygens (including phenoxy) is 1. The minimum absolute atomic E-state index is 0.0693. The van der Waals surface area contributed by atoms with Gasteiger partial charge in [-0.3, -0.25) is 4.79 Å². The number of aliphatic hydroxyl groups is 1. The maximum Gasteiger partial charge on any atom is 0.230 e. The lowest BCUT2D eigenvalue weighted by Crippen LogP contribution is -2.15. The van der Waals surface area contributed by atoms with Crippen molar-refractivity contribution in [3.63, 3.8) is 0 Å². The van der Waals surface area contributed by atoms with Gasteiger partial charge in [0.25, 0.3) is 0 Å². The molecular formula is C28H21FN4O3. The smallest absolute Gasteiger partial charge is 0.230 e. The van der Waals surface area contributed by atoms with Crippen molar-refractivity contribution >= 4 is 23.0 Å². The normalized spacial score (nSPS) is 12.5. The number of nitrogens with one attached hydrogen (secondary N) is 1. The van der Waals surface area contributed by atoms with Crippen molar-refractivity contribution in [2.24, 2.45) is 4.99 Å². The number of rotatable bonds is 5. The summed E-state index contributed by atoms with van der Waals surface area (Å²) in [6.07, 6.45) is 5.33. The van der Waals surface area contributed by atoms with Crippen LogP contribution in [-0.4, -0.2) is 39.5 Å². The van der Waals surface area contributed by atoms with E-state index in [1.54, 1.807) is 36.8 Å². The van der Waals surface area contributed by atoms with Crippen molar-refractivity contribution in [1.82, 2.24) is 9.55 Å². The number of imidazole rings is 1. The summed E-state index contributed by atoms with van der Waals surface area (Å²) in [5, 5.41) is 12.2. The molecule has 1 aliphatic heterocycles. The third-order valence-electron chi connectivity index (χ3n) is 5.47. The molecule has 178 valence electrons. The highest BCUT2D eigenvalue weighted by atomic mass is 19.1. The van der Waals surface area contributed by atoms with Crippen LogP contribution in [0.25, 0.3) is 5.69 Å². The Bertz CT molecular complexity index is 1500. The molecule has 5 rings (SSSR count). The summed E-state index contributed by atoms with van der Waals surface area (Å²) >= 11 is 0. The zero-order valence-corrected chi connectivity index (χ0v) is 19.1. The molecule has 3 aromatic carbocycles. The van der Waals surface area contributed by atoms with E-state index in [9.17, 15) is 14.3 Å². The minimum Gasteiger partial charge on any atom is -0.490 e. The fourth-order valence-corrected chi connectivity index (χ4v) is 3.76. The van der Waals surface area contributed by atoms with Crippen LogP contribution in [0.15, 0.2) is 84.4 Å². The first-order chi connectivity index (χ1) is 17.6. The molecule has 1 aromatic heterocycles. The van der Waals surface area contributed by atoms with Gasteiger partial charge in [-0.1, -0.05) is 24.0 Å². The zero-order valence-electron chi connectivity index (χ0n) is 19.1. The second kappa shape index (κ2) is 10.3. The molecule has 1 aliphatic rings. The third-order valence-corrected chi connectivity index (χ3v) is 5.47. The van der Waals surface area contributed by atoms with Crippen molar-refractivity contribution in [3.05, 3.63) is 102 Å². The first-order valence-corrected chi connectivity index (χ1v) is 11.2. The Morgan fingerprint density at radius 1 is 1.11 bits per heavy atom. The number of aromatic nitrogens is 2. The lowest BCUT2D eigenvalue weighted by Gasteiger charge is -2.11. The summed E-state index contributed by atoms with van der Waals surface area (Å²) in [5.74, 6) is 5.87. The number of anilines is 1. The highest BCUT2D eigenvalue weighted by molar-refractivity contribution is 6.17. The van der Waals surface area contributed by atoms with Crippen LogP contribution in [-0.2, 0) is 4.79 Å². The van der Waals surface area contributed by atoms with Gasteiger partial charge in [0.05, 0.1) is 42.0 Å². The van der Waals surface area contributed by atoms with Crippen molar-refractivity contribution in [1.29, 1.82) is 0 Å². The molecule has 0 radical (unpaired) electrons. The molecule has 0 saturated heterocycles. The number of benzene rings is 3. The van der Waals surface area contributed by atoms with Crippen LogP contribution in [0.3, 0.4) is 0 Å². The Labute approximate surface area is 206 Å². The molecule has 0 aliphatic carbocycles. The molecule has 7 nitrogen and oxygen atoms in total. The summed E-state index contributed by atoms with van der Waals surface area (Å²) in [5.41, 5.74) is 4.46. The molecule has 0 fully saturated rings. The molecule has 0 unspecified atom stereocenters. The van der Waals surface area contributed by atoms with Gasteiger partial charge in [0.15, 0.2) is 0 Å². The maximum absolute atomic E-state index is 13.2. The van der Waals surface area contributed by atoms with Crippen LogP contribution in [0.1, 0.15) is 23.1 Å². The topological polar surface area (TPSA) is 88.7 Å². The number of nitrogens with zero attached hydrogens (tertiary/aromatic N) is 3. The van der Waals surface area contributed by atoms with E-state index in [-0.39, 0.29) is 31.4 Å². The molecule has 2 heterocycles. The van der Waals surface area contributed by atoms with Gasteiger partial charge in [-0.05, 0) is 48.0 Å². The first-order valence-electron chi connectivity index (χ1n) is 11.2. The minimum atomic E-state index is -0.343. The number of amides is 1. The number of fused-ring (bicyclic) bond motifs is 1. The van der Waals surface area contributed by atoms with Crippen LogP contribution >= 0.6 is 0 Å². The van der Waals surface area contributed by atoms with Crippen LogP contribution in [0.5, 0.6) is 5.75 Å². The van der Waals surface area contributed by atoms with Gasteiger partial charge in [-0.15, -0.1) is 0 Å². The summed E-state index contributed by atoms with van der Waals surface area (Å²) in [4.78, 5) is 21.7. The van der Waals surface area contributed by atoms with Crippen molar-refractivity contribution < 1.29 is 19.0 Å². The number of aliphatic hydroxyl groups excluding tert-OH is 1. The maximum atomic E-state index is 13.2. The quantitative estimate of drug-likeness (QED) is 0.418. The highest BCUT2D eigenvalue weighted by Crippen LogP contribution is 2.36. The van der Waals surface area contributed by atoms with Gasteiger partial charge in [0.2, 0.25) is 5.91 Å². The first kappa shape index (κ1) is 23.0. The molecule has 0 spiro atoms. The number of hydrogen-bond donors (Lipinski definition) is 2. The van der Waals surface area contributed by atoms with Gasteiger partial charge < -0.3 is 19.7 Å². The van der Waals surface area contributed by atoms with Crippen LogP contribution in [0.4, 0.5) is 15.8 Å². The van der Waals surface area contributed by atoms with Crippen LogP contribution in [0, 0.1) is 17.7 Å². The molecular weight excluding hydrogens is 459 g/mol. The van der Waals surface area contributed by atoms with E-state index in [4.69, 9.17) is 9.73 Å². The van der Waals surface area contributed by atoms with E-state index < -0.39 is 0 Å². The summed E-state index contributed by atoms with van der Waals surface area (Å²) < 4.78 is 20.8. The molecule has 1 amide bonds.